The van der Waals surface area contributed by atoms with Crippen molar-refractivity contribution in [1.82, 2.24) is 0 Å². The van der Waals surface area contributed by atoms with E-state index in [1.54, 1.807) is 6.92 Å². The second kappa shape index (κ2) is 2.94. The van der Waals surface area contributed by atoms with Crippen LogP contribution in [0.2, 0.25) is 0 Å². The zero-order valence-electron chi connectivity index (χ0n) is 7.05. The van der Waals surface area contributed by atoms with E-state index in [2.05, 4.69) is 10.7 Å². The monoisotopic (exact) mass is 162 g/mol. The van der Waals surface area contributed by atoms with E-state index < -0.39 is 6.10 Å². The maximum atomic E-state index is 9.33. The fraction of sp³-hybridized carbons (Fsp3) is 0.444. The molecule has 2 unspecified atom stereocenters. The first-order chi connectivity index (χ1) is 5.63. The molecule has 1 aliphatic carbocycles. The highest BCUT2D eigenvalue weighted by Crippen LogP contribution is 2.38. The van der Waals surface area contributed by atoms with E-state index in [0.717, 1.165) is 11.1 Å². The molecular formula is C9H10N2O. The first kappa shape index (κ1) is 8.73. The van der Waals surface area contributed by atoms with Gasteiger partial charge in [0.25, 0.3) is 0 Å². The highest BCUT2D eigenvalue weighted by atomic mass is 16.3. The Morgan fingerprint density at radius 1 is 1.75 bits per heavy atom. The molecular weight excluding hydrogens is 152 g/mol. The summed E-state index contributed by atoms with van der Waals surface area (Å²) < 4.78 is 0. The van der Waals surface area contributed by atoms with Gasteiger partial charge in [-0.15, -0.1) is 0 Å². The molecule has 2 N–H and O–H groups in total. The van der Waals surface area contributed by atoms with Gasteiger partial charge in [0.05, 0.1) is 12.7 Å². The lowest BCUT2D eigenvalue weighted by Gasteiger charge is -2.34. The van der Waals surface area contributed by atoms with Gasteiger partial charge in [0.15, 0.2) is 0 Å². The third kappa shape index (κ3) is 0.984. The van der Waals surface area contributed by atoms with Crippen molar-refractivity contribution in [3.63, 3.8) is 0 Å². The van der Waals surface area contributed by atoms with Gasteiger partial charge >= 0.3 is 0 Å². The molecule has 3 heteroatoms. The topological polar surface area (TPSA) is 48.4 Å². The van der Waals surface area contributed by atoms with Crippen LogP contribution in [-0.2, 0) is 0 Å². The predicted molar refractivity (Wildman–Crippen MR) is 45.7 cm³/mol. The van der Waals surface area contributed by atoms with Crippen LogP contribution in [0, 0.1) is 17.9 Å². The minimum Gasteiger partial charge on any atom is -0.388 e. The first-order valence-electron chi connectivity index (χ1n) is 3.69. The van der Waals surface area contributed by atoms with Crippen LogP contribution in [0.3, 0.4) is 0 Å². The van der Waals surface area contributed by atoms with Gasteiger partial charge in [-0.25, -0.2) is 4.85 Å². The third-order valence-electron chi connectivity index (χ3n) is 2.28. The van der Waals surface area contributed by atoms with Crippen LogP contribution in [0.4, 0.5) is 0 Å². The zero-order valence-corrected chi connectivity index (χ0v) is 7.05. The number of rotatable bonds is 1. The lowest BCUT2D eigenvalue weighted by atomic mass is 9.75. The van der Waals surface area contributed by atoms with Crippen molar-refractivity contribution in [3.05, 3.63) is 28.3 Å². The molecule has 0 spiro atoms. The Balaban J connectivity index is 3.09. The van der Waals surface area contributed by atoms with Crippen molar-refractivity contribution in [1.29, 1.82) is 5.41 Å². The average molecular weight is 162 g/mol. The minimum absolute atomic E-state index is 0.0213. The average Bonchev–Trinajstić information content (AvgIpc) is 2.12. The Bertz CT molecular complexity index is 329. The molecule has 0 fully saturated rings. The van der Waals surface area contributed by atoms with Crippen LogP contribution >= 0.6 is 0 Å². The Morgan fingerprint density at radius 2 is 2.33 bits per heavy atom. The second-order valence-corrected chi connectivity index (χ2v) is 2.92. The van der Waals surface area contributed by atoms with E-state index in [4.69, 9.17) is 12.0 Å². The van der Waals surface area contributed by atoms with E-state index >= 15 is 0 Å². The van der Waals surface area contributed by atoms with E-state index in [1.165, 1.54) is 0 Å². The van der Waals surface area contributed by atoms with E-state index in [-0.39, 0.29) is 11.6 Å². The standard InChI is InChI=1S/C9H10N2O/c1-5-8(6(2)9(5)12)7(4-10)11-3/h5,9-10,12H,1-2H3. The Hall–Kier alpha value is -1.36. The minimum atomic E-state index is -0.440. The van der Waals surface area contributed by atoms with Crippen molar-refractivity contribution in [3.8, 4) is 0 Å². The summed E-state index contributed by atoms with van der Waals surface area (Å²) in [7, 11) is 0. The Morgan fingerprint density at radius 3 is 2.67 bits per heavy atom. The molecule has 1 aliphatic rings. The van der Waals surface area contributed by atoms with Crippen LogP contribution in [0.1, 0.15) is 13.8 Å². The van der Waals surface area contributed by atoms with Gasteiger partial charge in [-0.3, -0.25) is 5.41 Å². The number of hydrogen-bond acceptors (Lipinski definition) is 2. The molecule has 0 saturated carbocycles. The Labute approximate surface area is 71.4 Å². The summed E-state index contributed by atoms with van der Waals surface area (Å²) in [5.74, 6) is 2.06. The number of aliphatic hydroxyl groups excluding tert-OH is 1. The molecule has 0 aromatic rings. The van der Waals surface area contributed by atoms with Crippen molar-refractivity contribution in [2.45, 2.75) is 20.0 Å². The highest BCUT2D eigenvalue weighted by Gasteiger charge is 2.34. The van der Waals surface area contributed by atoms with Crippen LogP contribution < -0.4 is 0 Å². The number of hydrogen-bond donors (Lipinski definition) is 2. The van der Waals surface area contributed by atoms with Gasteiger partial charge in [0.2, 0.25) is 5.70 Å². The van der Waals surface area contributed by atoms with E-state index in [0.29, 0.717) is 0 Å². The molecule has 1 rings (SSSR count). The second-order valence-electron chi connectivity index (χ2n) is 2.92. The molecule has 0 heterocycles. The number of nitrogens with one attached hydrogen (secondary N) is 1. The molecule has 0 aromatic carbocycles. The van der Waals surface area contributed by atoms with Crippen molar-refractivity contribution < 1.29 is 5.11 Å². The molecule has 2 atom stereocenters. The largest absolute Gasteiger partial charge is 0.388 e. The van der Waals surface area contributed by atoms with Gasteiger partial charge < -0.3 is 5.11 Å². The fourth-order valence-corrected chi connectivity index (χ4v) is 1.51. The number of aliphatic hydroxyl groups is 1. The first-order valence-corrected chi connectivity index (χ1v) is 3.69. The lowest BCUT2D eigenvalue weighted by Crippen LogP contribution is -2.33. The van der Waals surface area contributed by atoms with Gasteiger partial charge in [-0.05, 0) is 18.4 Å². The van der Waals surface area contributed by atoms with Crippen LogP contribution in [0.15, 0.2) is 16.8 Å². The molecule has 62 valence electrons. The van der Waals surface area contributed by atoms with Crippen molar-refractivity contribution in [2.75, 3.05) is 0 Å². The molecule has 0 amide bonds. The summed E-state index contributed by atoms with van der Waals surface area (Å²) in [5.41, 5.74) is 1.81. The Kier molecular flexibility index (Phi) is 2.14. The summed E-state index contributed by atoms with van der Waals surface area (Å²) in [6.07, 6.45) is -0.440. The summed E-state index contributed by atoms with van der Waals surface area (Å²) in [6, 6.07) is 0. The predicted octanol–water partition coefficient (Wildman–Crippen LogP) is 1.37. The molecule has 0 radical (unpaired) electrons. The molecule has 0 aromatic heterocycles. The molecule has 0 saturated heterocycles. The normalized spacial score (nSPS) is 27.2. The van der Waals surface area contributed by atoms with Crippen LogP contribution in [0.5, 0.6) is 0 Å². The summed E-state index contributed by atoms with van der Waals surface area (Å²) >= 11 is 0. The van der Waals surface area contributed by atoms with E-state index in [9.17, 15) is 5.11 Å². The quantitative estimate of drug-likeness (QED) is 0.444. The smallest absolute Gasteiger partial charge is 0.249 e. The lowest BCUT2D eigenvalue weighted by molar-refractivity contribution is 0.140. The number of nitrogens with zero attached hydrogens (tertiary/aromatic N) is 1. The molecule has 0 aliphatic heterocycles. The third-order valence-corrected chi connectivity index (χ3v) is 2.28. The van der Waals surface area contributed by atoms with E-state index in [1.807, 2.05) is 6.92 Å². The highest BCUT2D eigenvalue weighted by molar-refractivity contribution is 5.68. The van der Waals surface area contributed by atoms with Crippen LogP contribution in [-0.4, -0.2) is 17.1 Å². The fourth-order valence-electron chi connectivity index (χ4n) is 1.51. The van der Waals surface area contributed by atoms with Crippen LogP contribution in [0.25, 0.3) is 4.85 Å². The molecule has 0 bridgehead atoms. The number of allylic oxidation sites excluding steroid dienone is 1. The van der Waals surface area contributed by atoms with Crippen molar-refractivity contribution in [2.24, 2.45) is 5.92 Å². The van der Waals surface area contributed by atoms with Gasteiger partial charge in [-0.2, -0.15) is 0 Å². The van der Waals surface area contributed by atoms with Gasteiger partial charge in [-0.1, -0.05) is 12.5 Å². The summed E-state index contributed by atoms with van der Waals surface area (Å²) in [4.78, 5) is 3.16. The maximum Gasteiger partial charge on any atom is 0.249 e. The summed E-state index contributed by atoms with van der Waals surface area (Å²) in [5, 5.41) is 16.2. The van der Waals surface area contributed by atoms with Crippen molar-refractivity contribution >= 4 is 5.87 Å². The molecule has 12 heavy (non-hydrogen) atoms. The molecule has 3 nitrogen and oxygen atoms in total. The zero-order chi connectivity index (χ0) is 9.30. The maximum absolute atomic E-state index is 9.33. The summed E-state index contributed by atoms with van der Waals surface area (Å²) in [6.45, 7) is 10.4. The SMILES string of the molecule is [C-]#[N+]C(=C=N)C1=C(C)C(O)C1C. The van der Waals surface area contributed by atoms with Gasteiger partial charge in [0.1, 0.15) is 0 Å². The van der Waals surface area contributed by atoms with Gasteiger partial charge in [0, 0.05) is 5.92 Å².